The number of benzene rings is 2. The molecule has 2 aromatic carbocycles. The van der Waals surface area contributed by atoms with Crippen LogP contribution in [0.2, 0.25) is 0 Å². The van der Waals surface area contributed by atoms with Crippen molar-refractivity contribution < 1.29 is 9.52 Å². The predicted octanol–water partition coefficient (Wildman–Crippen LogP) is 2.01. The molecule has 1 aromatic heterocycles. The molecule has 3 aromatic rings. The molecule has 21 heavy (non-hydrogen) atoms. The molecular weight excluding hydrogens is 268 g/mol. The fraction of sp³-hybridized carbons (Fsp3) is 0.125. The normalized spacial score (nSPS) is 10.7. The zero-order valence-electron chi connectivity index (χ0n) is 11.1. The predicted molar refractivity (Wildman–Crippen MR) is 76.7 cm³/mol. The van der Waals surface area contributed by atoms with Crippen molar-refractivity contribution in [2.24, 2.45) is 0 Å². The molecule has 0 radical (unpaired) electrons. The molecule has 0 amide bonds. The van der Waals surface area contributed by atoms with Crippen LogP contribution in [0, 0.1) is 11.3 Å². The van der Waals surface area contributed by atoms with E-state index in [0.717, 1.165) is 5.56 Å². The van der Waals surface area contributed by atoms with Gasteiger partial charge in [-0.3, -0.25) is 4.57 Å². The van der Waals surface area contributed by atoms with E-state index in [0.29, 0.717) is 28.8 Å². The summed E-state index contributed by atoms with van der Waals surface area (Å²) in [6, 6.07) is 14.3. The number of rotatable bonds is 3. The number of fused-ring (bicyclic) bond motifs is 1. The molecule has 0 aliphatic carbocycles. The Kier molecular flexibility index (Phi) is 3.30. The number of hydrogen-bond donors (Lipinski definition) is 1. The molecule has 1 N–H and O–H groups in total. The summed E-state index contributed by atoms with van der Waals surface area (Å²) in [6.45, 7) is 0.274. The van der Waals surface area contributed by atoms with Crippen molar-refractivity contribution in [3.8, 4) is 6.07 Å². The van der Waals surface area contributed by atoms with E-state index < -0.39 is 5.76 Å². The van der Waals surface area contributed by atoms with Gasteiger partial charge in [-0.05, 0) is 35.4 Å². The fourth-order valence-corrected chi connectivity index (χ4v) is 2.23. The van der Waals surface area contributed by atoms with Crippen LogP contribution in [-0.2, 0) is 13.2 Å². The second-order valence-corrected chi connectivity index (χ2v) is 4.72. The van der Waals surface area contributed by atoms with Crippen molar-refractivity contribution in [1.29, 1.82) is 5.26 Å². The van der Waals surface area contributed by atoms with Crippen LogP contribution in [0.25, 0.3) is 11.1 Å². The average molecular weight is 280 g/mol. The smallest absolute Gasteiger partial charge is 0.408 e. The molecule has 5 heteroatoms. The highest BCUT2D eigenvalue weighted by Gasteiger charge is 2.10. The van der Waals surface area contributed by atoms with E-state index in [1.54, 1.807) is 30.3 Å². The molecule has 5 nitrogen and oxygen atoms in total. The highest BCUT2D eigenvalue weighted by Crippen LogP contribution is 2.16. The third kappa shape index (κ3) is 2.45. The first-order valence-corrected chi connectivity index (χ1v) is 6.43. The van der Waals surface area contributed by atoms with Gasteiger partial charge in [-0.25, -0.2) is 4.79 Å². The Morgan fingerprint density at radius 3 is 2.52 bits per heavy atom. The molecule has 0 aliphatic rings. The van der Waals surface area contributed by atoms with Gasteiger partial charge >= 0.3 is 5.76 Å². The fourth-order valence-electron chi connectivity index (χ4n) is 2.23. The summed E-state index contributed by atoms with van der Waals surface area (Å²) in [4.78, 5) is 11.9. The van der Waals surface area contributed by atoms with Gasteiger partial charge in [0.05, 0.1) is 30.3 Å². The molecule has 0 aliphatic heterocycles. The molecular formula is C16H12N2O3. The number of oxazole rings is 1. The summed E-state index contributed by atoms with van der Waals surface area (Å²) in [5.74, 6) is -0.440. The molecule has 0 saturated heterocycles. The maximum Gasteiger partial charge on any atom is 0.420 e. The zero-order valence-corrected chi connectivity index (χ0v) is 11.1. The van der Waals surface area contributed by atoms with Crippen molar-refractivity contribution in [2.75, 3.05) is 0 Å². The largest absolute Gasteiger partial charge is 0.420 e. The third-order valence-corrected chi connectivity index (χ3v) is 3.34. The number of aromatic nitrogens is 1. The second-order valence-electron chi connectivity index (χ2n) is 4.72. The second kappa shape index (κ2) is 5.27. The summed E-state index contributed by atoms with van der Waals surface area (Å²) in [5, 5.41) is 17.9. The Morgan fingerprint density at radius 1 is 1.14 bits per heavy atom. The van der Waals surface area contributed by atoms with Crippen LogP contribution in [0.1, 0.15) is 16.7 Å². The molecule has 0 saturated carbocycles. The lowest BCUT2D eigenvalue weighted by Crippen LogP contribution is -2.14. The van der Waals surface area contributed by atoms with E-state index in [1.165, 1.54) is 4.57 Å². The maximum atomic E-state index is 11.9. The Bertz CT molecular complexity index is 883. The highest BCUT2D eigenvalue weighted by molar-refractivity contribution is 5.73. The number of aliphatic hydroxyl groups is 1. The van der Waals surface area contributed by atoms with Crippen molar-refractivity contribution >= 4 is 11.1 Å². The highest BCUT2D eigenvalue weighted by atomic mass is 16.4. The van der Waals surface area contributed by atoms with Gasteiger partial charge in [-0.2, -0.15) is 5.26 Å². The first kappa shape index (κ1) is 13.2. The Labute approximate surface area is 120 Å². The first-order chi connectivity index (χ1) is 10.2. The van der Waals surface area contributed by atoms with Gasteiger partial charge in [0.15, 0.2) is 5.58 Å². The Morgan fingerprint density at radius 2 is 1.86 bits per heavy atom. The molecule has 104 valence electrons. The third-order valence-electron chi connectivity index (χ3n) is 3.34. The van der Waals surface area contributed by atoms with Crippen molar-refractivity contribution in [3.63, 3.8) is 0 Å². The topological polar surface area (TPSA) is 79.2 Å². The van der Waals surface area contributed by atoms with E-state index in [1.807, 2.05) is 12.1 Å². The van der Waals surface area contributed by atoms with Crippen LogP contribution in [0.15, 0.2) is 51.7 Å². The number of hydrogen-bond acceptors (Lipinski definition) is 4. The number of aliphatic hydroxyl groups excluding tert-OH is 1. The standard InChI is InChI=1S/C16H12N2O3/c17-8-11-1-3-12(4-2-11)9-18-14-6-5-13(10-19)7-15(14)21-16(18)20/h1-7,19H,9-10H2. The Balaban J connectivity index is 2.01. The number of nitrogens with zero attached hydrogens (tertiary/aromatic N) is 2. The average Bonchev–Trinajstić information content (AvgIpc) is 2.83. The van der Waals surface area contributed by atoms with Crippen molar-refractivity contribution in [3.05, 3.63) is 69.7 Å². The molecule has 0 bridgehead atoms. The van der Waals surface area contributed by atoms with Gasteiger partial charge < -0.3 is 9.52 Å². The van der Waals surface area contributed by atoms with Crippen LogP contribution in [-0.4, -0.2) is 9.67 Å². The zero-order chi connectivity index (χ0) is 14.8. The summed E-state index contributed by atoms with van der Waals surface area (Å²) in [5.41, 5.74) is 3.32. The van der Waals surface area contributed by atoms with E-state index >= 15 is 0 Å². The Hall–Kier alpha value is -2.84. The van der Waals surface area contributed by atoms with Gasteiger partial charge in [-0.1, -0.05) is 18.2 Å². The van der Waals surface area contributed by atoms with Crippen LogP contribution < -0.4 is 5.76 Å². The minimum atomic E-state index is -0.440. The van der Waals surface area contributed by atoms with Gasteiger partial charge in [0, 0.05) is 0 Å². The lowest BCUT2D eigenvalue weighted by atomic mass is 10.1. The molecule has 3 rings (SSSR count). The van der Waals surface area contributed by atoms with Crippen LogP contribution in [0.5, 0.6) is 0 Å². The van der Waals surface area contributed by atoms with E-state index in [4.69, 9.17) is 14.8 Å². The van der Waals surface area contributed by atoms with Gasteiger partial charge in [0.1, 0.15) is 0 Å². The van der Waals surface area contributed by atoms with Crippen molar-refractivity contribution in [1.82, 2.24) is 4.57 Å². The van der Waals surface area contributed by atoms with Gasteiger partial charge in [0.2, 0.25) is 0 Å². The first-order valence-electron chi connectivity index (χ1n) is 6.43. The molecule has 0 atom stereocenters. The van der Waals surface area contributed by atoms with Crippen LogP contribution in [0.4, 0.5) is 0 Å². The quantitative estimate of drug-likeness (QED) is 0.796. The lowest BCUT2D eigenvalue weighted by molar-refractivity contribution is 0.282. The molecule has 0 spiro atoms. The minimum Gasteiger partial charge on any atom is -0.408 e. The van der Waals surface area contributed by atoms with E-state index in [-0.39, 0.29) is 6.61 Å². The number of nitriles is 1. The monoisotopic (exact) mass is 280 g/mol. The minimum absolute atomic E-state index is 0.0968. The van der Waals surface area contributed by atoms with E-state index in [2.05, 4.69) is 6.07 Å². The van der Waals surface area contributed by atoms with Crippen molar-refractivity contribution in [2.45, 2.75) is 13.2 Å². The summed E-state index contributed by atoms with van der Waals surface area (Å²) < 4.78 is 6.73. The van der Waals surface area contributed by atoms with Gasteiger partial charge in [-0.15, -0.1) is 0 Å². The SMILES string of the molecule is N#Cc1ccc(Cn2c(=O)oc3cc(CO)ccc32)cc1. The summed E-state index contributed by atoms with van der Waals surface area (Å²) in [6.07, 6.45) is 0. The van der Waals surface area contributed by atoms with E-state index in [9.17, 15) is 4.79 Å². The molecule has 0 unspecified atom stereocenters. The van der Waals surface area contributed by atoms with Crippen LogP contribution in [0.3, 0.4) is 0 Å². The van der Waals surface area contributed by atoms with Crippen LogP contribution >= 0.6 is 0 Å². The maximum absolute atomic E-state index is 11.9. The lowest BCUT2D eigenvalue weighted by Gasteiger charge is -2.03. The molecule has 1 heterocycles. The molecule has 0 fully saturated rings. The van der Waals surface area contributed by atoms with Gasteiger partial charge in [0.25, 0.3) is 0 Å². The summed E-state index contributed by atoms with van der Waals surface area (Å²) >= 11 is 0. The summed E-state index contributed by atoms with van der Waals surface area (Å²) in [7, 11) is 0.